The van der Waals surface area contributed by atoms with Gasteiger partial charge in [0.2, 0.25) is 6.79 Å². The molecule has 2 aromatic heterocycles. The van der Waals surface area contributed by atoms with E-state index in [4.69, 9.17) is 9.47 Å². The first-order valence-electron chi connectivity index (χ1n) is 5.53. The molecule has 3 heterocycles. The highest BCUT2D eigenvalue weighted by molar-refractivity contribution is 5.66. The predicted molar refractivity (Wildman–Crippen MR) is 63.4 cm³/mol. The van der Waals surface area contributed by atoms with Crippen molar-refractivity contribution >= 4 is 5.65 Å². The molecule has 0 atom stereocenters. The predicted octanol–water partition coefficient (Wildman–Crippen LogP) is 1.93. The fourth-order valence-electron chi connectivity index (χ4n) is 2.03. The van der Waals surface area contributed by atoms with Crippen LogP contribution >= 0.6 is 0 Å². The van der Waals surface area contributed by atoms with Gasteiger partial charge in [0.15, 0.2) is 17.1 Å². The zero-order chi connectivity index (χ0) is 11.9. The molecule has 1 aliphatic heterocycles. The van der Waals surface area contributed by atoms with Gasteiger partial charge in [-0.15, -0.1) is 0 Å². The lowest BCUT2D eigenvalue weighted by atomic mass is 10.1. The van der Waals surface area contributed by atoms with Crippen molar-refractivity contribution in [2.75, 3.05) is 6.79 Å². The molecule has 0 amide bonds. The van der Waals surface area contributed by atoms with Gasteiger partial charge in [-0.3, -0.25) is 0 Å². The molecule has 0 unspecified atom stereocenters. The lowest BCUT2D eigenvalue weighted by molar-refractivity contribution is 0.174. The van der Waals surface area contributed by atoms with Gasteiger partial charge in [-0.05, 0) is 30.3 Å². The topological polar surface area (TPSA) is 48.7 Å². The van der Waals surface area contributed by atoms with E-state index < -0.39 is 0 Å². The molecule has 1 radical (unpaired) electrons. The number of ether oxygens (including phenoxy) is 2. The molecule has 0 saturated carbocycles. The van der Waals surface area contributed by atoms with Crippen molar-refractivity contribution < 1.29 is 9.47 Å². The quantitative estimate of drug-likeness (QED) is 0.650. The first-order valence-corrected chi connectivity index (χ1v) is 5.53. The summed E-state index contributed by atoms with van der Waals surface area (Å²) in [6.45, 7) is 0.276. The molecule has 0 saturated heterocycles. The van der Waals surface area contributed by atoms with Crippen LogP contribution < -0.4 is 9.47 Å². The summed E-state index contributed by atoms with van der Waals surface area (Å²) in [5.74, 6) is 1.52. The first-order chi connectivity index (χ1) is 8.92. The normalized spacial score (nSPS) is 13.1. The third-order valence-electron chi connectivity index (χ3n) is 2.90. The Bertz CT molecular complexity index is 736. The van der Waals surface area contributed by atoms with Gasteiger partial charge in [-0.25, -0.2) is 9.50 Å². The fraction of sp³-hybridized carbons (Fsp3) is 0.0769. The van der Waals surface area contributed by atoms with Crippen LogP contribution in [0.3, 0.4) is 0 Å². The Kier molecular flexibility index (Phi) is 1.82. The van der Waals surface area contributed by atoms with Crippen LogP contribution in [0.2, 0.25) is 0 Å². The molecular weight excluding hydrogens is 230 g/mol. The highest BCUT2D eigenvalue weighted by atomic mass is 16.7. The number of benzene rings is 1. The van der Waals surface area contributed by atoms with Gasteiger partial charge in [0.05, 0.1) is 11.9 Å². The molecular formula is C13H8N3O2. The molecule has 5 nitrogen and oxygen atoms in total. The highest BCUT2D eigenvalue weighted by Gasteiger charge is 2.15. The minimum atomic E-state index is 0.276. The molecule has 0 spiro atoms. The lowest BCUT2D eigenvalue weighted by Crippen LogP contribution is -1.93. The van der Waals surface area contributed by atoms with Crippen LogP contribution in [0.25, 0.3) is 16.9 Å². The minimum absolute atomic E-state index is 0.276. The van der Waals surface area contributed by atoms with Crippen molar-refractivity contribution in [3.8, 4) is 22.8 Å². The van der Waals surface area contributed by atoms with Gasteiger partial charge in [0.25, 0.3) is 0 Å². The van der Waals surface area contributed by atoms with Crippen LogP contribution in [0.4, 0.5) is 0 Å². The van der Waals surface area contributed by atoms with Gasteiger partial charge in [0.1, 0.15) is 6.20 Å². The van der Waals surface area contributed by atoms with E-state index in [-0.39, 0.29) is 6.79 Å². The summed E-state index contributed by atoms with van der Waals surface area (Å²) in [4.78, 5) is 4.30. The second kappa shape index (κ2) is 3.46. The number of rotatable bonds is 1. The third kappa shape index (κ3) is 1.27. The number of aromatic nitrogens is 3. The van der Waals surface area contributed by atoms with Crippen LogP contribution in [0.1, 0.15) is 0 Å². The van der Waals surface area contributed by atoms with E-state index >= 15 is 0 Å². The number of fused-ring (bicyclic) bond motifs is 2. The number of hydrogen-bond acceptors (Lipinski definition) is 4. The number of nitrogens with zero attached hydrogens (tertiary/aromatic N) is 3. The molecule has 5 heteroatoms. The Balaban J connectivity index is 1.92. The average Bonchev–Trinajstić information content (AvgIpc) is 3.04. The van der Waals surface area contributed by atoms with Crippen LogP contribution in [0.5, 0.6) is 11.5 Å². The summed E-state index contributed by atoms with van der Waals surface area (Å²) in [7, 11) is 0. The summed E-state index contributed by atoms with van der Waals surface area (Å²) in [5, 5.41) is 4.17. The third-order valence-corrected chi connectivity index (χ3v) is 2.90. The Hall–Kier alpha value is -2.56. The Morgan fingerprint density at radius 3 is 3.11 bits per heavy atom. The van der Waals surface area contributed by atoms with Crippen LogP contribution in [-0.4, -0.2) is 21.4 Å². The molecule has 0 aliphatic carbocycles. The minimum Gasteiger partial charge on any atom is -0.454 e. The number of imidazole rings is 1. The molecule has 0 bridgehead atoms. The van der Waals surface area contributed by atoms with E-state index in [1.165, 1.54) is 0 Å². The van der Waals surface area contributed by atoms with E-state index in [0.717, 1.165) is 28.4 Å². The second-order valence-corrected chi connectivity index (χ2v) is 3.94. The second-order valence-electron chi connectivity index (χ2n) is 3.94. The van der Waals surface area contributed by atoms with E-state index in [9.17, 15) is 0 Å². The smallest absolute Gasteiger partial charge is 0.231 e. The van der Waals surface area contributed by atoms with Crippen molar-refractivity contribution in [1.29, 1.82) is 0 Å². The summed E-state index contributed by atoms with van der Waals surface area (Å²) in [5.41, 5.74) is 2.68. The van der Waals surface area contributed by atoms with E-state index in [0.29, 0.717) is 0 Å². The maximum absolute atomic E-state index is 5.37. The molecule has 4 rings (SSSR count). The van der Waals surface area contributed by atoms with Crippen molar-refractivity contribution in [3.63, 3.8) is 0 Å². The van der Waals surface area contributed by atoms with Crippen molar-refractivity contribution in [1.82, 2.24) is 14.6 Å². The average molecular weight is 238 g/mol. The Morgan fingerprint density at radius 2 is 2.11 bits per heavy atom. The first kappa shape index (κ1) is 9.47. The zero-order valence-corrected chi connectivity index (χ0v) is 9.33. The summed E-state index contributed by atoms with van der Waals surface area (Å²) < 4.78 is 12.4. The Morgan fingerprint density at radius 1 is 1.17 bits per heavy atom. The van der Waals surface area contributed by atoms with Gasteiger partial charge >= 0.3 is 0 Å². The highest BCUT2D eigenvalue weighted by Crippen LogP contribution is 2.35. The molecule has 0 N–H and O–H groups in total. The van der Waals surface area contributed by atoms with Crippen molar-refractivity contribution in [2.45, 2.75) is 0 Å². The van der Waals surface area contributed by atoms with Crippen molar-refractivity contribution in [3.05, 3.63) is 42.7 Å². The fourth-order valence-corrected chi connectivity index (χ4v) is 2.03. The standard InChI is InChI=1S/C13H8N3O2/c1-2-13-14-7-10(16(13)15-5-1)9-3-4-11-12(6-9)18-8-17-11/h1-4,6-7H,8H2. The molecule has 87 valence electrons. The van der Waals surface area contributed by atoms with Crippen molar-refractivity contribution in [2.24, 2.45) is 0 Å². The van der Waals surface area contributed by atoms with Gasteiger partial charge in [-0.1, -0.05) is 0 Å². The lowest BCUT2D eigenvalue weighted by Gasteiger charge is -2.02. The summed E-state index contributed by atoms with van der Waals surface area (Å²) >= 11 is 0. The van der Waals surface area contributed by atoms with Crippen LogP contribution in [0, 0.1) is 6.20 Å². The maximum atomic E-state index is 5.37. The molecule has 3 aromatic rings. The number of hydrogen-bond donors (Lipinski definition) is 0. The van der Waals surface area contributed by atoms with Gasteiger partial charge in [0, 0.05) is 5.56 Å². The molecule has 0 fully saturated rings. The molecule has 1 aromatic carbocycles. The van der Waals surface area contributed by atoms with E-state index in [2.05, 4.69) is 16.3 Å². The maximum Gasteiger partial charge on any atom is 0.231 e. The van der Waals surface area contributed by atoms with Crippen LogP contribution in [-0.2, 0) is 0 Å². The largest absolute Gasteiger partial charge is 0.454 e. The van der Waals surface area contributed by atoms with Gasteiger partial charge < -0.3 is 9.47 Å². The summed E-state index contributed by atoms with van der Waals surface area (Å²) in [6.07, 6.45) is 4.59. The van der Waals surface area contributed by atoms with Gasteiger partial charge in [-0.2, -0.15) is 5.10 Å². The molecule has 1 aliphatic rings. The SMILES string of the molecule is [c]1ccc2ncc(-c3ccc4c(c3)OCO4)n2n1. The van der Waals surface area contributed by atoms with E-state index in [1.54, 1.807) is 16.8 Å². The molecule has 18 heavy (non-hydrogen) atoms. The van der Waals surface area contributed by atoms with E-state index in [1.807, 2.05) is 24.3 Å². The zero-order valence-electron chi connectivity index (χ0n) is 9.33. The Labute approximate surface area is 103 Å². The monoisotopic (exact) mass is 238 g/mol. The summed E-state index contributed by atoms with van der Waals surface area (Å²) in [6, 6.07) is 9.39. The van der Waals surface area contributed by atoms with Crippen LogP contribution in [0.15, 0.2) is 36.5 Å².